The minimum Gasteiger partial charge on any atom is -0.510 e. The largest absolute Gasteiger partial charge is 0.510 e. The van der Waals surface area contributed by atoms with Crippen molar-refractivity contribution in [2.45, 2.75) is 73.1 Å². The second-order valence-electron chi connectivity index (χ2n) is 14.9. The Balaban J connectivity index is 0.00000417. The Kier molecular flexibility index (Phi) is 8.96. The predicted molar refractivity (Wildman–Crippen MR) is 194 cm³/mol. The van der Waals surface area contributed by atoms with E-state index in [2.05, 4.69) is 152 Å². The average molecular weight is 826 g/mol. The minimum absolute atomic E-state index is 0. The molecule has 0 aliphatic heterocycles. The van der Waals surface area contributed by atoms with Crippen molar-refractivity contribution >= 4 is 21.8 Å². The molecular weight excluding hydrogens is 784 g/mol. The van der Waals surface area contributed by atoms with Crippen LogP contribution < -0.4 is 9.30 Å². The van der Waals surface area contributed by atoms with E-state index in [4.69, 9.17) is 9.72 Å². The normalized spacial score (nSPS) is 12.0. The summed E-state index contributed by atoms with van der Waals surface area (Å²) < 4.78 is 12.8. The molecule has 7 aromatic rings. The monoisotopic (exact) mass is 825 g/mol. The van der Waals surface area contributed by atoms with Gasteiger partial charge in [0.15, 0.2) is 0 Å². The first kappa shape index (κ1) is 34.4. The van der Waals surface area contributed by atoms with Gasteiger partial charge in [-0.1, -0.05) is 76.9 Å². The van der Waals surface area contributed by atoms with Gasteiger partial charge in [-0.05, 0) is 83.6 Å². The molecule has 0 saturated carbocycles. The summed E-state index contributed by atoms with van der Waals surface area (Å²) in [5.41, 5.74) is 9.97. The van der Waals surface area contributed by atoms with Crippen LogP contribution in [0.3, 0.4) is 0 Å². The van der Waals surface area contributed by atoms with Gasteiger partial charge in [0.05, 0.1) is 5.69 Å². The van der Waals surface area contributed by atoms with E-state index < -0.39 is 0 Å². The molecule has 0 radical (unpaired) electrons. The Hall–Kier alpha value is -4.47. The number of aryl methyl sites for hydroxylation is 3. The molecule has 7 rings (SSSR count). The fraction of sp³-hybridized carbons (Fsp3) is 0.256. The molecule has 4 aromatic carbocycles. The second kappa shape index (κ2) is 12.8. The van der Waals surface area contributed by atoms with E-state index >= 15 is 0 Å². The zero-order valence-corrected chi connectivity index (χ0v) is 31.9. The maximum Gasteiger partial charge on any atom is 0.267 e. The number of ether oxygens (including phenoxy) is 1. The van der Waals surface area contributed by atoms with Crippen molar-refractivity contribution in [2.24, 2.45) is 0 Å². The van der Waals surface area contributed by atoms with Crippen molar-refractivity contribution < 1.29 is 30.4 Å². The summed E-state index contributed by atoms with van der Waals surface area (Å²) in [7, 11) is 0. The van der Waals surface area contributed by atoms with Crippen molar-refractivity contribution in [3.8, 4) is 28.7 Å². The third kappa shape index (κ3) is 6.62. The molecule has 0 unspecified atom stereocenters. The summed E-state index contributed by atoms with van der Waals surface area (Å²) >= 11 is 0. The van der Waals surface area contributed by atoms with Gasteiger partial charge in [0, 0.05) is 56.7 Å². The summed E-state index contributed by atoms with van der Waals surface area (Å²) in [6.07, 6.45) is 9.47. The zero-order chi connectivity index (χ0) is 34.0. The van der Waals surface area contributed by atoms with Gasteiger partial charge in [-0.2, -0.15) is 17.7 Å². The van der Waals surface area contributed by atoms with Crippen molar-refractivity contribution in [2.75, 3.05) is 0 Å². The molecule has 0 saturated heterocycles. The maximum atomic E-state index is 6.61. The van der Waals surface area contributed by atoms with E-state index in [0.29, 0.717) is 11.5 Å². The smallest absolute Gasteiger partial charge is 0.267 e. The maximum absolute atomic E-state index is 6.61. The van der Waals surface area contributed by atoms with Crippen LogP contribution in [0.4, 0.5) is 0 Å². The number of hydrogen-bond donors (Lipinski definition) is 0. The Morgan fingerprint density at radius 1 is 0.714 bits per heavy atom. The van der Waals surface area contributed by atoms with Crippen LogP contribution in [0.2, 0.25) is 0 Å². The summed E-state index contributed by atoms with van der Waals surface area (Å²) in [6.45, 7) is 19.7. The van der Waals surface area contributed by atoms with E-state index in [9.17, 15) is 0 Å². The van der Waals surface area contributed by atoms with Gasteiger partial charge in [-0.25, -0.2) is 4.98 Å². The van der Waals surface area contributed by atoms with Crippen LogP contribution in [0.5, 0.6) is 11.5 Å². The SMILES string of the molecule is Cc1cc(C)c(-[n+]2[c-]n(-c3[c-]c(Oc4[c-]c5c(cc4)c4ccccc4n5-c4cc(C(C)(C)C)ccn4)cc(C(C)(C)C)c3)cc2)cc1C.[Pt]. The second-order valence-corrected chi connectivity index (χ2v) is 14.9. The van der Waals surface area contributed by atoms with E-state index in [-0.39, 0.29) is 31.9 Å². The minimum atomic E-state index is -0.112. The van der Waals surface area contributed by atoms with Gasteiger partial charge < -0.3 is 13.9 Å². The fourth-order valence-corrected chi connectivity index (χ4v) is 6.23. The number of pyridine rings is 1. The van der Waals surface area contributed by atoms with E-state index in [0.717, 1.165) is 44.6 Å². The van der Waals surface area contributed by atoms with E-state index in [1.165, 1.54) is 22.3 Å². The number of aromatic nitrogens is 4. The van der Waals surface area contributed by atoms with Gasteiger partial charge in [0.2, 0.25) is 0 Å². The topological polar surface area (TPSA) is 35.9 Å². The number of para-hydroxylation sites is 1. The number of rotatable bonds is 5. The first-order valence-electron chi connectivity index (χ1n) is 16.6. The molecule has 0 atom stereocenters. The first-order chi connectivity index (χ1) is 22.8. The standard InChI is InChI=1S/C43H42N4O.Pt/c1-28-20-30(3)39(21-29(28)2)46-19-18-45(27-46)33-22-32(43(7,8)9)23-35(25-33)48-34-14-15-37-36-12-10-11-13-38(36)47(40(37)26-34)41-24-31(16-17-44-41)42(4,5)6;/h10-24H,1-9H3;/q-2;. The van der Waals surface area contributed by atoms with Crippen molar-refractivity contribution in [3.05, 3.63) is 138 Å². The molecule has 0 aliphatic carbocycles. The van der Waals surface area contributed by atoms with Crippen LogP contribution in [0.25, 0.3) is 39.0 Å². The number of imidazole rings is 1. The number of fused-ring (bicyclic) bond motifs is 3. The third-order valence-electron chi connectivity index (χ3n) is 9.23. The van der Waals surface area contributed by atoms with Gasteiger partial charge in [-0.15, -0.1) is 29.7 Å². The molecule has 0 fully saturated rings. The molecule has 49 heavy (non-hydrogen) atoms. The number of benzene rings is 4. The van der Waals surface area contributed by atoms with Crippen LogP contribution in [-0.4, -0.2) is 14.1 Å². The molecule has 0 bridgehead atoms. The number of nitrogens with zero attached hydrogens (tertiary/aromatic N) is 4. The van der Waals surface area contributed by atoms with Crippen LogP contribution in [0, 0.1) is 39.2 Å². The van der Waals surface area contributed by atoms with Crippen LogP contribution in [-0.2, 0) is 31.9 Å². The molecular formula is C43H42N4OPt-2. The van der Waals surface area contributed by atoms with Crippen LogP contribution >= 0.6 is 0 Å². The predicted octanol–water partition coefficient (Wildman–Crippen LogP) is 9.96. The van der Waals surface area contributed by atoms with Crippen molar-refractivity contribution in [3.63, 3.8) is 0 Å². The molecule has 252 valence electrons. The average Bonchev–Trinajstić information content (AvgIpc) is 3.65. The Morgan fingerprint density at radius 2 is 1.45 bits per heavy atom. The Labute approximate surface area is 304 Å². The van der Waals surface area contributed by atoms with Crippen LogP contribution in [0.15, 0.2) is 91.4 Å². The first-order valence-corrected chi connectivity index (χ1v) is 16.6. The third-order valence-corrected chi connectivity index (χ3v) is 9.23. The molecule has 3 heterocycles. The molecule has 0 aliphatic rings. The summed E-state index contributed by atoms with van der Waals surface area (Å²) in [4.78, 5) is 4.82. The number of hydrogen-bond acceptors (Lipinski definition) is 2. The molecule has 0 amide bonds. The van der Waals surface area contributed by atoms with E-state index in [1.54, 1.807) is 0 Å². The van der Waals surface area contributed by atoms with Gasteiger partial charge in [0.25, 0.3) is 6.33 Å². The summed E-state index contributed by atoms with van der Waals surface area (Å²) in [5, 5.41) is 2.25. The van der Waals surface area contributed by atoms with Gasteiger partial charge in [-0.3, -0.25) is 4.57 Å². The zero-order valence-electron chi connectivity index (χ0n) is 29.7. The van der Waals surface area contributed by atoms with E-state index in [1.807, 2.05) is 33.8 Å². The summed E-state index contributed by atoms with van der Waals surface area (Å²) in [5.74, 6) is 2.10. The molecule has 3 aromatic heterocycles. The van der Waals surface area contributed by atoms with Crippen molar-refractivity contribution in [1.82, 2.24) is 14.1 Å². The molecule has 0 N–H and O–H groups in total. The molecule has 5 nitrogen and oxygen atoms in total. The Morgan fingerprint density at radius 3 is 2.20 bits per heavy atom. The summed E-state index contributed by atoms with van der Waals surface area (Å²) in [6, 6.07) is 32.7. The molecule has 6 heteroatoms. The quantitative estimate of drug-likeness (QED) is 0.128. The van der Waals surface area contributed by atoms with Crippen molar-refractivity contribution in [1.29, 1.82) is 0 Å². The van der Waals surface area contributed by atoms with Crippen LogP contribution in [0.1, 0.15) is 69.4 Å². The molecule has 0 spiro atoms. The Bertz CT molecular complexity index is 2330. The fourth-order valence-electron chi connectivity index (χ4n) is 6.23. The van der Waals surface area contributed by atoms with Gasteiger partial charge in [0.1, 0.15) is 5.82 Å². The van der Waals surface area contributed by atoms with Gasteiger partial charge >= 0.3 is 0 Å².